The van der Waals surface area contributed by atoms with Gasteiger partial charge in [-0.05, 0) is 31.0 Å². The SMILES string of the molecule is CCOC(=O)CC1=NCCc2ccc(OC)cc21. The molecule has 2 rings (SSSR count). The molecule has 96 valence electrons. The molecule has 1 aliphatic heterocycles. The smallest absolute Gasteiger partial charge is 0.311 e. The molecule has 0 saturated carbocycles. The summed E-state index contributed by atoms with van der Waals surface area (Å²) in [6.07, 6.45) is 1.14. The molecule has 0 atom stereocenters. The molecule has 0 fully saturated rings. The Morgan fingerprint density at radius 3 is 3.00 bits per heavy atom. The predicted molar refractivity (Wildman–Crippen MR) is 69.4 cm³/mol. The molecule has 0 aliphatic carbocycles. The number of esters is 1. The fourth-order valence-electron chi connectivity index (χ4n) is 2.07. The van der Waals surface area contributed by atoms with E-state index in [0.29, 0.717) is 6.61 Å². The maximum absolute atomic E-state index is 11.5. The number of aliphatic imine (C=N–C) groups is 1. The van der Waals surface area contributed by atoms with E-state index in [0.717, 1.165) is 30.0 Å². The third-order valence-corrected chi connectivity index (χ3v) is 2.93. The molecule has 1 aromatic rings. The van der Waals surface area contributed by atoms with E-state index in [2.05, 4.69) is 4.99 Å². The minimum atomic E-state index is -0.230. The molecular weight excluding hydrogens is 230 g/mol. The number of carbonyl (C=O) groups is 1. The largest absolute Gasteiger partial charge is 0.497 e. The molecule has 0 aromatic heterocycles. The molecular formula is C14H17NO3. The molecule has 0 unspecified atom stereocenters. The third-order valence-electron chi connectivity index (χ3n) is 2.93. The number of carbonyl (C=O) groups excluding carboxylic acids is 1. The van der Waals surface area contributed by atoms with Crippen molar-refractivity contribution in [2.75, 3.05) is 20.3 Å². The number of rotatable bonds is 4. The van der Waals surface area contributed by atoms with E-state index < -0.39 is 0 Å². The zero-order chi connectivity index (χ0) is 13.0. The molecule has 0 N–H and O–H groups in total. The highest BCUT2D eigenvalue weighted by molar-refractivity contribution is 6.10. The van der Waals surface area contributed by atoms with Gasteiger partial charge in [-0.3, -0.25) is 9.79 Å². The van der Waals surface area contributed by atoms with Crippen molar-refractivity contribution < 1.29 is 14.3 Å². The van der Waals surface area contributed by atoms with Crippen LogP contribution in [0.15, 0.2) is 23.2 Å². The van der Waals surface area contributed by atoms with E-state index in [4.69, 9.17) is 9.47 Å². The first-order valence-electron chi connectivity index (χ1n) is 6.10. The van der Waals surface area contributed by atoms with Crippen molar-refractivity contribution in [1.82, 2.24) is 0 Å². The Balaban J connectivity index is 2.23. The lowest BCUT2D eigenvalue weighted by Gasteiger charge is -2.17. The van der Waals surface area contributed by atoms with Crippen LogP contribution in [-0.2, 0) is 16.0 Å². The summed E-state index contributed by atoms with van der Waals surface area (Å²) in [5.41, 5.74) is 3.02. The number of ether oxygens (including phenoxy) is 2. The fourth-order valence-corrected chi connectivity index (χ4v) is 2.07. The van der Waals surface area contributed by atoms with Gasteiger partial charge >= 0.3 is 5.97 Å². The van der Waals surface area contributed by atoms with Crippen molar-refractivity contribution in [3.05, 3.63) is 29.3 Å². The quantitative estimate of drug-likeness (QED) is 0.764. The van der Waals surface area contributed by atoms with Gasteiger partial charge in [0, 0.05) is 12.1 Å². The van der Waals surface area contributed by atoms with Crippen LogP contribution in [0.2, 0.25) is 0 Å². The summed E-state index contributed by atoms with van der Waals surface area (Å²) in [4.78, 5) is 16.0. The normalized spacial score (nSPS) is 13.6. The van der Waals surface area contributed by atoms with Crippen LogP contribution in [0, 0.1) is 0 Å². The molecule has 0 spiro atoms. The number of hydrogen-bond acceptors (Lipinski definition) is 4. The summed E-state index contributed by atoms with van der Waals surface area (Å²) in [7, 11) is 1.63. The van der Waals surface area contributed by atoms with Gasteiger partial charge in [0.15, 0.2) is 0 Å². The van der Waals surface area contributed by atoms with Crippen LogP contribution in [0.25, 0.3) is 0 Å². The second-order valence-electron chi connectivity index (χ2n) is 4.08. The second-order valence-corrected chi connectivity index (χ2v) is 4.08. The highest BCUT2D eigenvalue weighted by Gasteiger charge is 2.18. The topological polar surface area (TPSA) is 47.9 Å². The average Bonchev–Trinajstić information content (AvgIpc) is 2.39. The minimum absolute atomic E-state index is 0.230. The van der Waals surface area contributed by atoms with Crippen LogP contribution in [0.4, 0.5) is 0 Å². The molecule has 0 bridgehead atoms. The lowest BCUT2D eigenvalue weighted by Crippen LogP contribution is -2.18. The van der Waals surface area contributed by atoms with E-state index in [9.17, 15) is 4.79 Å². The Labute approximate surface area is 107 Å². The zero-order valence-corrected chi connectivity index (χ0v) is 10.7. The van der Waals surface area contributed by atoms with Crippen molar-refractivity contribution in [2.45, 2.75) is 19.8 Å². The summed E-state index contributed by atoms with van der Waals surface area (Å²) >= 11 is 0. The highest BCUT2D eigenvalue weighted by Crippen LogP contribution is 2.23. The Morgan fingerprint density at radius 2 is 2.28 bits per heavy atom. The summed E-state index contributed by atoms with van der Waals surface area (Å²) < 4.78 is 10.2. The monoisotopic (exact) mass is 247 g/mol. The number of methoxy groups -OCH3 is 1. The van der Waals surface area contributed by atoms with Crippen molar-refractivity contribution in [1.29, 1.82) is 0 Å². The molecule has 18 heavy (non-hydrogen) atoms. The van der Waals surface area contributed by atoms with Crippen molar-refractivity contribution >= 4 is 11.7 Å². The van der Waals surface area contributed by atoms with E-state index in [1.807, 2.05) is 18.2 Å². The van der Waals surface area contributed by atoms with E-state index in [1.165, 1.54) is 5.56 Å². The van der Waals surface area contributed by atoms with Crippen molar-refractivity contribution in [3.63, 3.8) is 0 Å². The van der Waals surface area contributed by atoms with Gasteiger partial charge < -0.3 is 9.47 Å². The molecule has 0 radical (unpaired) electrons. The Hall–Kier alpha value is -1.84. The maximum Gasteiger partial charge on any atom is 0.311 e. The number of fused-ring (bicyclic) bond motifs is 1. The Morgan fingerprint density at radius 1 is 1.44 bits per heavy atom. The van der Waals surface area contributed by atoms with Gasteiger partial charge in [0.05, 0.1) is 25.8 Å². The molecule has 1 aromatic carbocycles. The number of hydrogen-bond donors (Lipinski definition) is 0. The first kappa shape index (κ1) is 12.6. The van der Waals surface area contributed by atoms with Crippen LogP contribution in [0.1, 0.15) is 24.5 Å². The van der Waals surface area contributed by atoms with Gasteiger partial charge in [-0.15, -0.1) is 0 Å². The van der Waals surface area contributed by atoms with Gasteiger partial charge in [-0.2, -0.15) is 0 Å². The lowest BCUT2D eigenvalue weighted by atomic mass is 9.95. The maximum atomic E-state index is 11.5. The van der Waals surface area contributed by atoms with Gasteiger partial charge in [-0.25, -0.2) is 0 Å². The van der Waals surface area contributed by atoms with E-state index in [-0.39, 0.29) is 12.4 Å². The van der Waals surface area contributed by atoms with Crippen LogP contribution in [0.3, 0.4) is 0 Å². The first-order chi connectivity index (χ1) is 8.74. The standard InChI is InChI=1S/C14H17NO3/c1-3-18-14(16)9-13-12-8-11(17-2)5-4-10(12)6-7-15-13/h4-5,8H,3,6-7,9H2,1-2H3. The number of benzene rings is 1. The summed E-state index contributed by atoms with van der Waals surface area (Å²) in [5.74, 6) is 0.555. The Bertz CT molecular complexity index is 480. The van der Waals surface area contributed by atoms with E-state index >= 15 is 0 Å². The molecule has 4 nitrogen and oxygen atoms in total. The average molecular weight is 247 g/mol. The molecule has 1 aliphatic rings. The summed E-state index contributed by atoms with van der Waals surface area (Å²) in [6.45, 7) is 2.93. The van der Waals surface area contributed by atoms with Gasteiger partial charge in [0.2, 0.25) is 0 Å². The predicted octanol–water partition coefficient (Wildman–Crippen LogP) is 1.99. The Kier molecular flexibility index (Phi) is 3.97. The molecule has 0 saturated heterocycles. The molecule has 1 heterocycles. The van der Waals surface area contributed by atoms with E-state index in [1.54, 1.807) is 14.0 Å². The molecule has 4 heteroatoms. The van der Waals surface area contributed by atoms with Crippen molar-refractivity contribution in [3.8, 4) is 5.75 Å². The van der Waals surface area contributed by atoms with Crippen LogP contribution < -0.4 is 4.74 Å². The van der Waals surface area contributed by atoms with Crippen LogP contribution in [-0.4, -0.2) is 31.9 Å². The number of nitrogens with zero attached hydrogens (tertiary/aromatic N) is 1. The summed E-state index contributed by atoms with van der Waals surface area (Å²) in [5, 5.41) is 0. The van der Waals surface area contributed by atoms with Gasteiger partial charge in [-0.1, -0.05) is 6.07 Å². The van der Waals surface area contributed by atoms with Gasteiger partial charge in [0.25, 0.3) is 0 Å². The van der Waals surface area contributed by atoms with Crippen LogP contribution >= 0.6 is 0 Å². The summed E-state index contributed by atoms with van der Waals surface area (Å²) in [6, 6.07) is 5.91. The lowest BCUT2D eigenvalue weighted by molar-refractivity contribution is -0.141. The second kappa shape index (κ2) is 5.67. The third kappa shape index (κ3) is 2.70. The fraction of sp³-hybridized carbons (Fsp3) is 0.429. The van der Waals surface area contributed by atoms with Crippen LogP contribution in [0.5, 0.6) is 5.75 Å². The minimum Gasteiger partial charge on any atom is -0.497 e. The molecule has 0 amide bonds. The zero-order valence-electron chi connectivity index (χ0n) is 10.7. The highest BCUT2D eigenvalue weighted by atomic mass is 16.5. The first-order valence-corrected chi connectivity index (χ1v) is 6.10. The van der Waals surface area contributed by atoms with Gasteiger partial charge in [0.1, 0.15) is 5.75 Å². The van der Waals surface area contributed by atoms with Crippen molar-refractivity contribution in [2.24, 2.45) is 4.99 Å².